The van der Waals surface area contributed by atoms with Gasteiger partial charge in [0, 0.05) is 36.5 Å². The molecule has 1 saturated heterocycles. The van der Waals surface area contributed by atoms with Gasteiger partial charge in [0.2, 0.25) is 0 Å². The van der Waals surface area contributed by atoms with Gasteiger partial charge in [-0.2, -0.15) is 13.2 Å². The fraction of sp³-hybridized carbons (Fsp3) is 0.550. The van der Waals surface area contributed by atoms with Crippen LogP contribution in [0.5, 0.6) is 0 Å². The van der Waals surface area contributed by atoms with Crippen LogP contribution < -0.4 is 0 Å². The molecular weight excluding hydrogens is 355 g/mol. The molecule has 7 heteroatoms. The van der Waals surface area contributed by atoms with Crippen molar-refractivity contribution in [3.8, 4) is 0 Å². The van der Waals surface area contributed by atoms with E-state index in [2.05, 4.69) is 9.97 Å². The number of likely N-dealkylation sites (tertiary alicyclic amines) is 1. The lowest BCUT2D eigenvalue weighted by Gasteiger charge is -2.40. The van der Waals surface area contributed by atoms with Crippen molar-refractivity contribution in [3.05, 3.63) is 48.1 Å². The number of aromatic nitrogens is 2. The van der Waals surface area contributed by atoms with Crippen LogP contribution in [-0.2, 0) is 0 Å². The summed E-state index contributed by atoms with van der Waals surface area (Å²) in [6, 6.07) is 0. The zero-order valence-electron chi connectivity index (χ0n) is 15.1. The van der Waals surface area contributed by atoms with E-state index in [9.17, 15) is 18.0 Å². The van der Waals surface area contributed by atoms with E-state index in [1.807, 2.05) is 6.08 Å². The van der Waals surface area contributed by atoms with E-state index in [1.165, 1.54) is 30.7 Å². The summed E-state index contributed by atoms with van der Waals surface area (Å²) in [6.45, 7) is 2.94. The lowest BCUT2D eigenvalue weighted by Crippen LogP contribution is -2.37. The Morgan fingerprint density at radius 3 is 2.52 bits per heavy atom. The Balaban J connectivity index is 1.46. The van der Waals surface area contributed by atoms with Crippen LogP contribution >= 0.6 is 0 Å². The molecule has 1 aromatic rings. The molecule has 0 aromatic carbocycles. The summed E-state index contributed by atoms with van der Waals surface area (Å²) < 4.78 is 40.7. The first-order chi connectivity index (χ1) is 12.8. The van der Waals surface area contributed by atoms with Crippen LogP contribution in [0.25, 0.3) is 0 Å². The van der Waals surface area contributed by atoms with Gasteiger partial charge in [-0.05, 0) is 37.0 Å². The topological polar surface area (TPSA) is 46.1 Å². The van der Waals surface area contributed by atoms with Crippen molar-refractivity contribution in [1.29, 1.82) is 0 Å². The average molecular weight is 377 g/mol. The highest BCUT2D eigenvalue weighted by molar-refractivity contribution is 5.92. The third-order valence-corrected chi connectivity index (χ3v) is 6.58. The molecule has 2 heterocycles. The fourth-order valence-corrected chi connectivity index (χ4v) is 5.14. The van der Waals surface area contributed by atoms with Crippen LogP contribution in [0.15, 0.2) is 42.4 Å². The minimum Gasteiger partial charge on any atom is -0.337 e. The van der Waals surface area contributed by atoms with Gasteiger partial charge in [0.25, 0.3) is 5.91 Å². The molecule has 4 atom stereocenters. The van der Waals surface area contributed by atoms with Crippen LogP contribution in [0.2, 0.25) is 0 Å². The smallest absolute Gasteiger partial charge is 0.337 e. The summed E-state index contributed by atoms with van der Waals surface area (Å²) in [7, 11) is 0. The number of fused-ring (bicyclic) bond motifs is 1. The van der Waals surface area contributed by atoms with Gasteiger partial charge in [0.15, 0.2) is 0 Å². The molecule has 4 rings (SSSR count). The maximum atomic E-state index is 13.6. The molecule has 1 amide bonds. The Kier molecular flexibility index (Phi) is 4.35. The van der Waals surface area contributed by atoms with Crippen LogP contribution in [0.3, 0.4) is 0 Å². The molecule has 3 aliphatic rings. The normalized spacial score (nSPS) is 33.1. The number of carbonyl (C=O) groups excluding carboxylic acids is 1. The average Bonchev–Trinajstić information content (AvgIpc) is 3.21. The number of hydrogen-bond acceptors (Lipinski definition) is 3. The van der Waals surface area contributed by atoms with Gasteiger partial charge < -0.3 is 4.90 Å². The summed E-state index contributed by atoms with van der Waals surface area (Å²) in [4.78, 5) is 22.3. The Labute approximate surface area is 156 Å². The summed E-state index contributed by atoms with van der Waals surface area (Å²) in [5.74, 6) is 0.358. The molecular formula is C20H22F3N3O. The second kappa shape index (κ2) is 6.46. The van der Waals surface area contributed by atoms with Crippen LogP contribution in [0, 0.1) is 23.2 Å². The number of halogens is 3. The molecule has 27 heavy (non-hydrogen) atoms. The van der Waals surface area contributed by atoms with Crippen molar-refractivity contribution in [3.63, 3.8) is 0 Å². The number of allylic oxidation sites excluding steroid dienone is 4. The van der Waals surface area contributed by atoms with Crippen molar-refractivity contribution in [1.82, 2.24) is 14.9 Å². The third-order valence-electron chi connectivity index (χ3n) is 6.58. The first kappa shape index (κ1) is 18.2. The number of carbonyl (C=O) groups is 1. The standard InChI is InChI=1S/C20H22F3N3O/c1-19(5-3-2-4-17(19)20(21,22)23)15-8-13-11-26(12-14(13)9-15)18(27)16-10-24-6-7-25-16/h2-4,6-7,10,13-15H,5,8-9,11-12H2,1H3/t13-,14+,15-,19?. The number of amides is 1. The van der Waals surface area contributed by atoms with Crippen LogP contribution in [-0.4, -0.2) is 40.0 Å². The van der Waals surface area contributed by atoms with E-state index in [0.29, 0.717) is 25.2 Å². The van der Waals surface area contributed by atoms with E-state index in [4.69, 9.17) is 0 Å². The molecule has 1 unspecified atom stereocenters. The minimum absolute atomic E-state index is 0.0147. The molecule has 1 aromatic heterocycles. The van der Waals surface area contributed by atoms with E-state index in [1.54, 1.807) is 11.8 Å². The fourth-order valence-electron chi connectivity index (χ4n) is 5.14. The molecule has 1 saturated carbocycles. The second-order valence-electron chi connectivity index (χ2n) is 8.12. The molecule has 4 nitrogen and oxygen atoms in total. The highest BCUT2D eigenvalue weighted by atomic mass is 19.4. The SMILES string of the molecule is CC1([C@@H]2C[C@@H]3CN(C(=O)c4cnccn4)C[C@@H]3C2)CC=CC=C1C(F)(F)F. The molecule has 0 radical (unpaired) electrons. The van der Waals surface area contributed by atoms with Gasteiger partial charge in [-0.15, -0.1) is 0 Å². The largest absolute Gasteiger partial charge is 0.413 e. The zero-order valence-corrected chi connectivity index (χ0v) is 15.1. The number of rotatable bonds is 2. The monoisotopic (exact) mass is 377 g/mol. The van der Waals surface area contributed by atoms with Gasteiger partial charge >= 0.3 is 6.18 Å². The minimum atomic E-state index is -4.30. The molecule has 0 N–H and O–H groups in total. The van der Waals surface area contributed by atoms with Crippen molar-refractivity contribution < 1.29 is 18.0 Å². The lowest BCUT2D eigenvalue weighted by molar-refractivity contribution is -0.111. The molecule has 1 aliphatic heterocycles. The Morgan fingerprint density at radius 2 is 1.93 bits per heavy atom. The van der Waals surface area contributed by atoms with E-state index >= 15 is 0 Å². The van der Waals surface area contributed by atoms with Gasteiger partial charge in [-0.3, -0.25) is 9.78 Å². The molecule has 144 valence electrons. The molecule has 0 bridgehead atoms. The Morgan fingerprint density at radius 1 is 1.22 bits per heavy atom. The third kappa shape index (κ3) is 3.17. The Bertz CT molecular complexity index is 775. The summed E-state index contributed by atoms with van der Waals surface area (Å²) in [5.41, 5.74) is -0.965. The van der Waals surface area contributed by atoms with E-state index < -0.39 is 17.2 Å². The first-order valence-corrected chi connectivity index (χ1v) is 9.29. The first-order valence-electron chi connectivity index (χ1n) is 9.29. The lowest BCUT2D eigenvalue weighted by atomic mass is 9.66. The maximum absolute atomic E-state index is 13.6. The molecule has 2 fully saturated rings. The predicted molar refractivity (Wildman–Crippen MR) is 93.6 cm³/mol. The van der Waals surface area contributed by atoms with Crippen molar-refractivity contribution >= 4 is 5.91 Å². The number of nitrogens with zero attached hydrogens (tertiary/aromatic N) is 3. The number of alkyl halides is 3. The summed E-state index contributed by atoms with van der Waals surface area (Å²) in [5, 5.41) is 0. The predicted octanol–water partition coefficient (Wildman–Crippen LogP) is 4.03. The molecule has 0 spiro atoms. The van der Waals surface area contributed by atoms with Crippen molar-refractivity contribution in [2.24, 2.45) is 23.2 Å². The highest BCUT2D eigenvalue weighted by Crippen LogP contribution is 2.56. The zero-order chi connectivity index (χ0) is 19.2. The van der Waals surface area contributed by atoms with Crippen molar-refractivity contribution in [2.45, 2.75) is 32.4 Å². The number of hydrogen-bond donors (Lipinski definition) is 0. The summed E-state index contributed by atoms with van der Waals surface area (Å²) >= 11 is 0. The quantitative estimate of drug-likeness (QED) is 0.782. The Hall–Kier alpha value is -2.18. The van der Waals surface area contributed by atoms with Gasteiger partial charge in [-0.25, -0.2) is 4.98 Å². The summed E-state index contributed by atoms with van der Waals surface area (Å²) in [6.07, 6.45) is 6.63. The van der Waals surface area contributed by atoms with E-state index in [0.717, 1.165) is 12.8 Å². The van der Waals surface area contributed by atoms with Gasteiger partial charge in [0.05, 0.1) is 6.20 Å². The highest BCUT2D eigenvalue weighted by Gasteiger charge is 2.54. The molecule has 2 aliphatic carbocycles. The van der Waals surface area contributed by atoms with Gasteiger partial charge in [0.1, 0.15) is 5.69 Å². The van der Waals surface area contributed by atoms with E-state index in [-0.39, 0.29) is 23.7 Å². The van der Waals surface area contributed by atoms with Crippen molar-refractivity contribution in [2.75, 3.05) is 13.1 Å². The van der Waals surface area contributed by atoms with Gasteiger partial charge in [-0.1, -0.05) is 25.2 Å². The van der Waals surface area contributed by atoms with Crippen LogP contribution in [0.4, 0.5) is 13.2 Å². The maximum Gasteiger partial charge on any atom is 0.413 e. The second-order valence-corrected chi connectivity index (χ2v) is 8.12. The van der Waals surface area contributed by atoms with Crippen LogP contribution in [0.1, 0.15) is 36.7 Å².